The lowest BCUT2D eigenvalue weighted by Gasteiger charge is -2.24. The summed E-state index contributed by atoms with van der Waals surface area (Å²) in [5.41, 5.74) is 1.79. The summed E-state index contributed by atoms with van der Waals surface area (Å²) in [6.07, 6.45) is 7.10. The van der Waals surface area contributed by atoms with E-state index in [9.17, 15) is 4.79 Å². The quantitative estimate of drug-likeness (QED) is 0.894. The zero-order chi connectivity index (χ0) is 15.6. The van der Waals surface area contributed by atoms with Crippen molar-refractivity contribution in [2.75, 3.05) is 18.4 Å². The van der Waals surface area contributed by atoms with E-state index in [0.717, 1.165) is 30.9 Å². The maximum atomic E-state index is 12.5. The first kappa shape index (κ1) is 14.3. The van der Waals surface area contributed by atoms with Gasteiger partial charge in [-0.3, -0.25) is 0 Å². The van der Waals surface area contributed by atoms with Crippen molar-refractivity contribution in [3.8, 4) is 5.69 Å². The number of urea groups is 1. The highest BCUT2D eigenvalue weighted by Gasteiger charge is 2.31. The number of carbonyl (C=O) groups is 1. The van der Waals surface area contributed by atoms with Gasteiger partial charge >= 0.3 is 6.03 Å². The number of aromatic nitrogens is 2. The van der Waals surface area contributed by atoms with E-state index in [1.807, 2.05) is 41.4 Å². The topological polar surface area (TPSA) is 62.2 Å². The molecule has 4 rings (SSSR count). The van der Waals surface area contributed by atoms with Crippen molar-refractivity contribution in [3.05, 3.63) is 42.7 Å². The second kappa shape index (κ2) is 6.04. The molecule has 2 saturated heterocycles. The number of hydrogen-bond acceptors (Lipinski definition) is 3. The van der Waals surface area contributed by atoms with Gasteiger partial charge in [0.2, 0.25) is 0 Å². The lowest BCUT2D eigenvalue weighted by molar-refractivity contribution is 0.208. The van der Waals surface area contributed by atoms with Gasteiger partial charge in [-0.25, -0.2) is 9.48 Å². The van der Waals surface area contributed by atoms with E-state index in [0.29, 0.717) is 12.1 Å². The molecular formula is C17H21N5O. The molecule has 6 heteroatoms. The van der Waals surface area contributed by atoms with Gasteiger partial charge in [0.25, 0.3) is 0 Å². The molecule has 2 atom stereocenters. The van der Waals surface area contributed by atoms with Crippen LogP contribution in [0.2, 0.25) is 0 Å². The molecule has 2 bridgehead atoms. The first-order valence-corrected chi connectivity index (χ1v) is 8.20. The van der Waals surface area contributed by atoms with Gasteiger partial charge in [0.1, 0.15) is 0 Å². The minimum atomic E-state index is -0.00816. The highest BCUT2D eigenvalue weighted by atomic mass is 16.2. The van der Waals surface area contributed by atoms with Crippen molar-refractivity contribution in [1.82, 2.24) is 20.0 Å². The van der Waals surface area contributed by atoms with Gasteiger partial charge in [0.15, 0.2) is 0 Å². The minimum absolute atomic E-state index is 0.00816. The monoisotopic (exact) mass is 311 g/mol. The first-order valence-electron chi connectivity index (χ1n) is 8.20. The average Bonchev–Trinajstić information content (AvgIpc) is 3.18. The maximum absolute atomic E-state index is 12.5. The van der Waals surface area contributed by atoms with Crippen molar-refractivity contribution in [1.29, 1.82) is 0 Å². The molecule has 6 nitrogen and oxygen atoms in total. The lowest BCUT2D eigenvalue weighted by Crippen LogP contribution is -2.41. The van der Waals surface area contributed by atoms with E-state index in [1.165, 1.54) is 12.8 Å². The Bertz CT molecular complexity index is 667. The van der Waals surface area contributed by atoms with Gasteiger partial charge in [0.05, 0.1) is 5.69 Å². The number of anilines is 1. The highest BCUT2D eigenvalue weighted by molar-refractivity contribution is 5.89. The van der Waals surface area contributed by atoms with Gasteiger partial charge in [-0.15, -0.1) is 0 Å². The fourth-order valence-electron chi connectivity index (χ4n) is 3.45. The first-order chi connectivity index (χ1) is 11.3. The summed E-state index contributed by atoms with van der Waals surface area (Å²) in [6.45, 7) is 1.62. The van der Waals surface area contributed by atoms with Crippen LogP contribution in [0.25, 0.3) is 5.69 Å². The number of amides is 2. The summed E-state index contributed by atoms with van der Waals surface area (Å²) >= 11 is 0. The average molecular weight is 311 g/mol. The summed E-state index contributed by atoms with van der Waals surface area (Å²) in [7, 11) is 0. The summed E-state index contributed by atoms with van der Waals surface area (Å²) in [5.74, 6) is 0. The smallest absolute Gasteiger partial charge is 0.321 e. The van der Waals surface area contributed by atoms with E-state index < -0.39 is 0 Å². The maximum Gasteiger partial charge on any atom is 0.321 e. The summed E-state index contributed by atoms with van der Waals surface area (Å²) in [6, 6.07) is 10.7. The van der Waals surface area contributed by atoms with Gasteiger partial charge < -0.3 is 15.5 Å². The van der Waals surface area contributed by atoms with E-state index >= 15 is 0 Å². The number of nitrogens with zero attached hydrogens (tertiary/aromatic N) is 3. The largest absolute Gasteiger partial charge is 0.323 e. The molecule has 0 aliphatic carbocycles. The van der Waals surface area contributed by atoms with Crippen LogP contribution in [0, 0.1) is 0 Å². The van der Waals surface area contributed by atoms with Crippen LogP contribution in [0.1, 0.15) is 19.3 Å². The van der Waals surface area contributed by atoms with E-state index in [1.54, 1.807) is 10.9 Å². The Balaban J connectivity index is 1.40. The fourth-order valence-corrected chi connectivity index (χ4v) is 3.45. The van der Waals surface area contributed by atoms with Gasteiger partial charge in [-0.05, 0) is 49.6 Å². The Labute approximate surface area is 135 Å². The molecule has 0 spiro atoms. The fraction of sp³-hybridized carbons (Fsp3) is 0.412. The lowest BCUT2D eigenvalue weighted by atomic mass is 10.1. The van der Waals surface area contributed by atoms with Gasteiger partial charge in [-0.1, -0.05) is 0 Å². The molecule has 1 aromatic heterocycles. The number of likely N-dealkylation sites (tertiary alicyclic amines) is 1. The second-order valence-electron chi connectivity index (χ2n) is 6.30. The van der Waals surface area contributed by atoms with Crippen LogP contribution in [0.3, 0.4) is 0 Å². The molecule has 0 saturated carbocycles. The Morgan fingerprint density at radius 3 is 2.78 bits per heavy atom. The molecule has 2 N–H and O–H groups in total. The number of nitrogens with one attached hydrogen (secondary N) is 2. The number of rotatable bonds is 2. The molecule has 2 aromatic rings. The SMILES string of the molecule is O=C(Nc1ccc(-n2cccn2)cc1)N1CCC2CCC(C1)N2. The van der Waals surface area contributed by atoms with Crippen molar-refractivity contribution in [2.24, 2.45) is 0 Å². The molecule has 2 aliphatic rings. The molecule has 2 fully saturated rings. The van der Waals surface area contributed by atoms with Crippen LogP contribution < -0.4 is 10.6 Å². The summed E-state index contributed by atoms with van der Waals surface area (Å²) in [5, 5.41) is 10.8. The second-order valence-corrected chi connectivity index (χ2v) is 6.30. The minimum Gasteiger partial charge on any atom is -0.323 e. The number of fused-ring (bicyclic) bond motifs is 2. The Morgan fingerprint density at radius 2 is 2.00 bits per heavy atom. The third-order valence-corrected chi connectivity index (χ3v) is 4.70. The molecule has 2 amide bonds. The van der Waals surface area contributed by atoms with Crippen LogP contribution in [-0.2, 0) is 0 Å². The van der Waals surface area contributed by atoms with Crippen molar-refractivity contribution in [3.63, 3.8) is 0 Å². The molecule has 23 heavy (non-hydrogen) atoms. The van der Waals surface area contributed by atoms with Gasteiger partial charge in [0, 0.05) is 43.3 Å². The molecule has 0 radical (unpaired) electrons. The zero-order valence-electron chi connectivity index (χ0n) is 13.0. The van der Waals surface area contributed by atoms with Crippen molar-refractivity contribution >= 4 is 11.7 Å². The van der Waals surface area contributed by atoms with E-state index in [-0.39, 0.29) is 6.03 Å². The van der Waals surface area contributed by atoms with Crippen LogP contribution in [-0.4, -0.2) is 45.9 Å². The standard InChI is InChI=1S/C17H21N5O/c23-17(21-11-8-14-2-3-15(12-21)19-14)20-13-4-6-16(7-5-13)22-10-1-9-18-22/h1,4-7,9-10,14-15,19H,2-3,8,11-12H2,(H,20,23). The Hall–Kier alpha value is -2.34. The van der Waals surface area contributed by atoms with Crippen LogP contribution in [0.15, 0.2) is 42.7 Å². The van der Waals surface area contributed by atoms with E-state index in [2.05, 4.69) is 15.7 Å². The normalized spacial score (nSPS) is 23.6. The highest BCUT2D eigenvalue weighted by Crippen LogP contribution is 2.21. The zero-order valence-corrected chi connectivity index (χ0v) is 13.0. The molecule has 120 valence electrons. The molecule has 1 aromatic carbocycles. The number of carbonyl (C=O) groups excluding carboxylic acids is 1. The molecular weight excluding hydrogens is 290 g/mol. The number of benzene rings is 1. The predicted octanol–water partition coefficient (Wildman–Crippen LogP) is 2.23. The summed E-state index contributed by atoms with van der Waals surface area (Å²) < 4.78 is 1.79. The van der Waals surface area contributed by atoms with Crippen molar-refractivity contribution < 1.29 is 4.79 Å². The predicted molar refractivity (Wildman–Crippen MR) is 88.7 cm³/mol. The van der Waals surface area contributed by atoms with Crippen LogP contribution in [0.5, 0.6) is 0 Å². The van der Waals surface area contributed by atoms with Crippen LogP contribution in [0.4, 0.5) is 10.5 Å². The third kappa shape index (κ3) is 3.07. The Kier molecular flexibility index (Phi) is 3.75. The molecule has 3 heterocycles. The molecule has 2 unspecified atom stereocenters. The summed E-state index contributed by atoms with van der Waals surface area (Å²) in [4.78, 5) is 14.4. The van der Waals surface area contributed by atoms with Gasteiger partial charge in [-0.2, -0.15) is 5.10 Å². The third-order valence-electron chi connectivity index (χ3n) is 4.70. The van der Waals surface area contributed by atoms with E-state index in [4.69, 9.17) is 0 Å². The molecule has 2 aliphatic heterocycles. The Morgan fingerprint density at radius 1 is 1.17 bits per heavy atom. The number of hydrogen-bond donors (Lipinski definition) is 2. The van der Waals surface area contributed by atoms with Crippen LogP contribution >= 0.6 is 0 Å². The van der Waals surface area contributed by atoms with Crippen molar-refractivity contribution in [2.45, 2.75) is 31.3 Å².